The van der Waals surface area contributed by atoms with Crippen molar-refractivity contribution in [3.8, 4) is 0 Å². The zero-order chi connectivity index (χ0) is 14.9. The van der Waals surface area contributed by atoms with Gasteiger partial charge in [-0.25, -0.2) is 4.79 Å². The summed E-state index contributed by atoms with van der Waals surface area (Å²) in [5.74, 6) is -0.550. The maximum Gasteiger partial charge on any atom is 0.333 e. The van der Waals surface area contributed by atoms with E-state index in [0.29, 0.717) is 24.8 Å². The molecule has 0 saturated heterocycles. The lowest BCUT2D eigenvalue weighted by atomic mass is 9.89. The minimum absolute atomic E-state index is 0.124. The Morgan fingerprint density at radius 2 is 2.05 bits per heavy atom. The molecule has 4 heteroatoms. The molecule has 1 unspecified atom stereocenters. The average Bonchev–Trinajstić information content (AvgIpc) is 2.40. The molecule has 0 amide bonds. The maximum absolute atomic E-state index is 11.1. The molecule has 19 heavy (non-hydrogen) atoms. The highest BCUT2D eigenvalue weighted by molar-refractivity contribution is 5.90. The van der Waals surface area contributed by atoms with Crippen LogP contribution in [0, 0.1) is 6.42 Å². The van der Waals surface area contributed by atoms with Gasteiger partial charge in [0, 0.05) is 18.4 Å². The van der Waals surface area contributed by atoms with Gasteiger partial charge in [0.25, 0.3) is 0 Å². The fourth-order valence-corrected chi connectivity index (χ4v) is 1.46. The van der Waals surface area contributed by atoms with Crippen molar-refractivity contribution in [3.05, 3.63) is 31.2 Å². The maximum atomic E-state index is 11.1. The molecule has 0 aromatic rings. The molecule has 0 rings (SSSR count). The summed E-state index contributed by atoms with van der Waals surface area (Å²) in [6.07, 6.45) is 4.48. The van der Waals surface area contributed by atoms with Gasteiger partial charge in [0.05, 0.1) is 12.2 Å². The fourth-order valence-electron chi connectivity index (χ4n) is 1.46. The van der Waals surface area contributed by atoms with Gasteiger partial charge in [0.15, 0.2) is 5.78 Å². The molecule has 0 aliphatic rings. The Balaban J connectivity index is 4.03. The van der Waals surface area contributed by atoms with Crippen LogP contribution in [0.5, 0.6) is 0 Å². The van der Waals surface area contributed by atoms with Crippen LogP contribution in [0.15, 0.2) is 24.8 Å². The standard InChI is InChI=1S/C15H23O4/c1-5-13(16)8-10-15(18,6-2)9-7-11-19-14(17)12(3)4/h5,10,18H,1,3,6-9,11H2,2,4H3. The second kappa shape index (κ2) is 8.64. The molecule has 0 aromatic heterocycles. The van der Waals surface area contributed by atoms with Crippen molar-refractivity contribution in [3.63, 3.8) is 0 Å². The number of carbonyl (C=O) groups excluding carboxylic acids is 2. The Kier molecular flexibility index (Phi) is 8.00. The largest absolute Gasteiger partial charge is 0.462 e. The number of aliphatic hydroxyl groups is 1. The van der Waals surface area contributed by atoms with Crippen LogP contribution in [0.3, 0.4) is 0 Å². The Morgan fingerprint density at radius 3 is 2.53 bits per heavy atom. The van der Waals surface area contributed by atoms with Crippen LogP contribution in [0.25, 0.3) is 0 Å². The summed E-state index contributed by atoms with van der Waals surface area (Å²) in [6, 6.07) is 0. The highest BCUT2D eigenvalue weighted by Crippen LogP contribution is 2.22. The van der Waals surface area contributed by atoms with Crippen LogP contribution < -0.4 is 0 Å². The lowest BCUT2D eigenvalue weighted by molar-refractivity contribution is -0.139. The highest BCUT2D eigenvalue weighted by Gasteiger charge is 2.25. The molecule has 1 N–H and O–H groups in total. The summed E-state index contributed by atoms with van der Waals surface area (Å²) in [6.45, 7) is 10.5. The first-order valence-corrected chi connectivity index (χ1v) is 6.39. The smallest absolute Gasteiger partial charge is 0.333 e. The molecule has 1 atom stereocenters. The van der Waals surface area contributed by atoms with Crippen molar-refractivity contribution in [1.29, 1.82) is 0 Å². The van der Waals surface area contributed by atoms with E-state index in [9.17, 15) is 14.7 Å². The van der Waals surface area contributed by atoms with Gasteiger partial charge >= 0.3 is 5.97 Å². The van der Waals surface area contributed by atoms with Crippen LogP contribution in [-0.2, 0) is 14.3 Å². The molecule has 0 fully saturated rings. The second-order valence-electron chi connectivity index (χ2n) is 4.56. The molecule has 0 aliphatic carbocycles. The Bertz CT molecular complexity index is 346. The molecular formula is C15H23O4. The summed E-state index contributed by atoms with van der Waals surface area (Å²) in [7, 11) is 0. The monoisotopic (exact) mass is 267 g/mol. The van der Waals surface area contributed by atoms with E-state index < -0.39 is 11.6 Å². The average molecular weight is 267 g/mol. The zero-order valence-corrected chi connectivity index (χ0v) is 11.8. The van der Waals surface area contributed by atoms with Crippen LogP contribution in [0.4, 0.5) is 0 Å². The van der Waals surface area contributed by atoms with Crippen molar-refractivity contribution < 1.29 is 19.4 Å². The van der Waals surface area contributed by atoms with E-state index in [0.717, 1.165) is 0 Å². The normalized spacial score (nSPS) is 13.4. The van der Waals surface area contributed by atoms with E-state index in [4.69, 9.17) is 4.74 Å². The number of esters is 1. The van der Waals surface area contributed by atoms with Crippen molar-refractivity contribution in [1.82, 2.24) is 0 Å². The molecule has 0 saturated carbocycles. The number of hydrogen-bond donors (Lipinski definition) is 1. The van der Waals surface area contributed by atoms with E-state index in [1.54, 1.807) is 13.3 Å². The summed E-state index contributed by atoms with van der Waals surface area (Å²) in [4.78, 5) is 22.3. The van der Waals surface area contributed by atoms with Crippen LogP contribution >= 0.6 is 0 Å². The highest BCUT2D eigenvalue weighted by atomic mass is 16.5. The van der Waals surface area contributed by atoms with Gasteiger partial charge in [0.2, 0.25) is 0 Å². The molecule has 4 nitrogen and oxygen atoms in total. The lowest BCUT2D eigenvalue weighted by Gasteiger charge is -2.26. The van der Waals surface area contributed by atoms with Crippen molar-refractivity contribution in [2.75, 3.05) is 6.61 Å². The predicted molar refractivity (Wildman–Crippen MR) is 74.4 cm³/mol. The minimum atomic E-state index is -1.01. The molecule has 1 radical (unpaired) electrons. The van der Waals surface area contributed by atoms with E-state index >= 15 is 0 Å². The van der Waals surface area contributed by atoms with Crippen LogP contribution in [-0.4, -0.2) is 29.1 Å². The molecule has 0 heterocycles. The third-order valence-electron chi connectivity index (χ3n) is 2.86. The number of allylic oxidation sites excluding steroid dienone is 1. The SMILES string of the molecule is C=CC(=O)C[CH]C(O)(CC)CCCOC(=O)C(=C)C. The van der Waals surface area contributed by atoms with E-state index in [2.05, 4.69) is 13.2 Å². The summed E-state index contributed by atoms with van der Waals surface area (Å²) in [5.41, 5.74) is -0.650. The van der Waals surface area contributed by atoms with Crippen molar-refractivity contribution in [2.45, 2.75) is 45.1 Å². The van der Waals surface area contributed by atoms with Gasteiger partial charge in [-0.15, -0.1) is 0 Å². The quantitative estimate of drug-likeness (QED) is 0.375. The van der Waals surface area contributed by atoms with E-state index in [1.165, 1.54) is 6.08 Å². The van der Waals surface area contributed by atoms with Gasteiger partial charge in [-0.3, -0.25) is 4.79 Å². The van der Waals surface area contributed by atoms with Gasteiger partial charge < -0.3 is 9.84 Å². The van der Waals surface area contributed by atoms with Crippen molar-refractivity contribution >= 4 is 11.8 Å². The Hall–Kier alpha value is -1.42. The fraction of sp³-hybridized carbons (Fsp3) is 0.533. The third kappa shape index (κ3) is 7.57. The van der Waals surface area contributed by atoms with E-state index in [1.807, 2.05) is 6.92 Å². The lowest BCUT2D eigenvalue weighted by Crippen LogP contribution is -2.29. The number of hydrogen-bond acceptors (Lipinski definition) is 4. The number of rotatable bonds is 10. The topological polar surface area (TPSA) is 63.6 Å². The molecule has 107 valence electrons. The van der Waals surface area contributed by atoms with Gasteiger partial charge in [-0.2, -0.15) is 0 Å². The first-order chi connectivity index (χ1) is 8.84. The van der Waals surface area contributed by atoms with Crippen molar-refractivity contribution in [2.24, 2.45) is 0 Å². The third-order valence-corrected chi connectivity index (χ3v) is 2.86. The molecule has 0 spiro atoms. The van der Waals surface area contributed by atoms with E-state index in [-0.39, 0.29) is 18.8 Å². The van der Waals surface area contributed by atoms with Gasteiger partial charge in [-0.1, -0.05) is 20.1 Å². The zero-order valence-electron chi connectivity index (χ0n) is 11.8. The number of carbonyl (C=O) groups is 2. The van der Waals surface area contributed by atoms with Crippen LogP contribution in [0.2, 0.25) is 0 Å². The first kappa shape index (κ1) is 17.6. The molecular weight excluding hydrogens is 244 g/mol. The van der Waals surface area contributed by atoms with Crippen LogP contribution in [0.1, 0.15) is 39.5 Å². The van der Waals surface area contributed by atoms with Gasteiger partial charge in [0.1, 0.15) is 0 Å². The Labute approximate surface area is 115 Å². The molecule has 0 aromatic carbocycles. The second-order valence-corrected chi connectivity index (χ2v) is 4.56. The summed E-state index contributed by atoms with van der Waals surface area (Å²) < 4.78 is 4.94. The predicted octanol–water partition coefficient (Wildman–Crippen LogP) is 2.38. The Morgan fingerprint density at radius 1 is 1.42 bits per heavy atom. The summed E-state index contributed by atoms with van der Waals surface area (Å²) >= 11 is 0. The minimum Gasteiger partial charge on any atom is -0.462 e. The molecule has 0 aliphatic heterocycles. The number of ether oxygens (including phenoxy) is 1. The molecule has 0 bridgehead atoms. The summed E-state index contributed by atoms with van der Waals surface area (Å²) in [5, 5.41) is 10.2. The van der Waals surface area contributed by atoms with Gasteiger partial charge in [-0.05, 0) is 32.3 Å². The first-order valence-electron chi connectivity index (χ1n) is 6.39. The number of ketones is 1.